The van der Waals surface area contributed by atoms with Crippen LogP contribution in [-0.4, -0.2) is 26.4 Å². The maximum absolute atomic E-state index is 13.2. The molecule has 0 aliphatic rings. The molecular formula is C13H20FNO2. The van der Waals surface area contributed by atoms with Gasteiger partial charge in [-0.2, -0.15) is 0 Å². The van der Waals surface area contributed by atoms with E-state index in [-0.39, 0.29) is 11.9 Å². The largest absolute Gasteiger partial charge is 0.491 e. The zero-order chi connectivity index (χ0) is 12.7. The summed E-state index contributed by atoms with van der Waals surface area (Å²) in [6.07, 6.45) is 1.48. The highest BCUT2D eigenvalue weighted by Gasteiger charge is 2.09. The molecule has 0 saturated carbocycles. The third-order valence-corrected chi connectivity index (χ3v) is 2.57. The maximum atomic E-state index is 13.2. The molecule has 17 heavy (non-hydrogen) atoms. The first kappa shape index (κ1) is 13.9. The van der Waals surface area contributed by atoms with Gasteiger partial charge in [-0.15, -0.1) is 0 Å². The van der Waals surface area contributed by atoms with Gasteiger partial charge in [0.25, 0.3) is 0 Å². The molecule has 0 aliphatic heterocycles. The first-order valence-electron chi connectivity index (χ1n) is 5.83. The molecule has 2 N–H and O–H groups in total. The third kappa shape index (κ3) is 4.71. The Hall–Kier alpha value is -1.13. The number of benzene rings is 1. The van der Waals surface area contributed by atoms with Gasteiger partial charge in [-0.05, 0) is 36.6 Å². The molecule has 0 aliphatic carbocycles. The van der Waals surface area contributed by atoms with E-state index < -0.39 is 0 Å². The molecular weight excluding hydrogens is 221 g/mol. The SMILES string of the molecule is CCC(N)Cc1cc(F)ccc1OCCOC. The van der Waals surface area contributed by atoms with Crippen LogP contribution < -0.4 is 10.5 Å². The first-order chi connectivity index (χ1) is 8.17. The van der Waals surface area contributed by atoms with Crippen molar-refractivity contribution < 1.29 is 13.9 Å². The molecule has 1 aromatic rings. The molecule has 1 rings (SSSR count). The highest BCUT2D eigenvalue weighted by molar-refractivity contribution is 5.34. The summed E-state index contributed by atoms with van der Waals surface area (Å²) >= 11 is 0. The minimum Gasteiger partial charge on any atom is -0.491 e. The molecule has 0 heterocycles. The molecule has 0 bridgehead atoms. The molecule has 0 fully saturated rings. The average Bonchev–Trinajstić information content (AvgIpc) is 2.32. The van der Waals surface area contributed by atoms with Gasteiger partial charge in [0.1, 0.15) is 18.2 Å². The molecule has 3 nitrogen and oxygen atoms in total. The van der Waals surface area contributed by atoms with Crippen LogP contribution in [0.1, 0.15) is 18.9 Å². The summed E-state index contributed by atoms with van der Waals surface area (Å²) in [6.45, 7) is 2.97. The molecule has 0 radical (unpaired) electrons. The summed E-state index contributed by atoms with van der Waals surface area (Å²) < 4.78 is 23.6. The number of hydrogen-bond donors (Lipinski definition) is 1. The van der Waals surface area contributed by atoms with Crippen molar-refractivity contribution in [2.24, 2.45) is 5.73 Å². The maximum Gasteiger partial charge on any atom is 0.123 e. The lowest BCUT2D eigenvalue weighted by Gasteiger charge is -2.14. The van der Waals surface area contributed by atoms with E-state index in [1.54, 1.807) is 13.2 Å². The Morgan fingerprint density at radius 2 is 2.12 bits per heavy atom. The van der Waals surface area contributed by atoms with E-state index in [0.29, 0.717) is 25.4 Å². The van der Waals surface area contributed by atoms with Crippen molar-refractivity contribution in [3.63, 3.8) is 0 Å². The van der Waals surface area contributed by atoms with Gasteiger partial charge < -0.3 is 15.2 Å². The Morgan fingerprint density at radius 1 is 1.35 bits per heavy atom. The van der Waals surface area contributed by atoms with Crippen molar-refractivity contribution in [2.45, 2.75) is 25.8 Å². The second-order valence-electron chi connectivity index (χ2n) is 3.97. The molecule has 0 amide bonds. The summed E-state index contributed by atoms with van der Waals surface area (Å²) in [4.78, 5) is 0. The normalized spacial score (nSPS) is 12.5. The van der Waals surface area contributed by atoms with Crippen molar-refractivity contribution >= 4 is 0 Å². The van der Waals surface area contributed by atoms with Crippen molar-refractivity contribution in [3.05, 3.63) is 29.6 Å². The molecule has 0 spiro atoms. The molecule has 96 valence electrons. The molecule has 0 aromatic heterocycles. The lowest BCUT2D eigenvalue weighted by molar-refractivity contribution is 0.145. The number of methoxy groups -OCH3 is 1. The van der Waals surface area contributed by atoms with Gasteiger partial charge in [-0.25, -0.2) is 4.39 Å². The van der Waals surface area contributed by atoms with E-state index in [9.17, 15) is 4.39 Å². The van der Waals surface area contributed by atoms with Crippen LogP contribution in [0.4, 0.5) is 4.39 Å². The Morgan fingerprint density at radius 3 is 2.76 bits per heavy atom. The topological polar surface area (TPSA) is 44.5 Å². The predicted octanol–water partition coefficient (Wildman–Crippen LogP) is 2.13. The van der Waals surface area contributed by atoms with E-state index >= 15 is 0 Å². The molecule has 1 atom stereocenters. The van der Waals surface area contributed by atoms with Crippen LogP contribution in [0.2, 0.25) is 0 Å². The van der Waals surface area contributed by atoms with Crippen LogP contribution in [0.15, 0.2) is 18.2 Å². The number of hydrogen-bond acceptors (Lipinski definition) is 3. The van der Waals surface area contributed by atoms with Crippen LogP contribution in [0.3, 0.4) is 0 Å². The van der Waals surface area contributed by atoms with Crippen LogP contribution in [0.5, 0.6) is 5.75 Å². The number of rotatable bonds is 7. The average molecular weight is 241 g/mol. The fourth-order valence-electron chi connectivity index (χ4n) is 1.51. The van der Waals surface area contributed by atoms with Gasteiger partial charge in [-0.3, -0.25) is 0 Å². The minimum absolute atomic E-state index is 0.0292. The molecule has 1 aromatic carbocycles. The van der Waals surface area contributed by atoms with E-state index in [1.165, 1.54) is 12.1 Å². The fraction of sp³-hybridized carbons (Fsp3) is 0.538. The van der Waals surface area contributed by atoms with Gasteiger partial charge in [0.05, 0.1) is 6.61 Å². The van der Waals surface area contributed by atoms with Crippen molar-refractivity contribution in [1.29, 1.82) is 0 Å². The summed E-state index contributed by atoms with van der Waals surface area (Å²) in [5.41, 5.74) is 6.69. The van der Waals surface area contributed by atoms with Crippen LogP contribution >= 0.6 is 0 Å². The highest BCUT2D eigenvalue weighted by atomic mass is 19.1. The summed E-state index contributed by atoms with van der Waals surface area (Å²) in [7, 11) is 1.61. The third-order valence-electron chi connectivity index (χ3n) is 2.57. The zero-order valence-electron chi connectivity index (χ0n) is 10.4. The monoisotopic (exact) mass is 241 g/mol. The quantitative estimate of drug-likeness (QED) is 0.744. The van der Waals surface area contributed by atoms with E-state index in [4.69, 9.17) is 15.2 Å². The number of nitrogens with two attached hydrogens (primary N) is 1. The number of ether oxygens (including phenoxy) is 2. The highest BCUT2D eigenvalue weighted by Crippen LogP contribution is 2.21. The van der Waals surface area contributed by atoms with E-state index in [0.717, 1.165) is 12.0 Å². The Bertz CT molecular complexity index is 344. The van der Waals surface area contributed by atoms with E-state index in [2.05, 4.69) is 0 Å². The summed E-state index contributed by atoms with van der Waals surface area (Å²) in [5.74, 6) is 0.426. The number of halogens is 1. The summed E-state index contributed by atoms with van der Waals surface area (Å²) in [5, 5.41) is 0. The second kappa shape index (κ2) is 7.25. The first-order valence-corrected chi connectivity index (χ1v) is 5.83. The fourth-order valence-corrected chi connectivity index (χ4v) is 1.51. The molecule has 1 unspecified atom stereocenters. The van der Waals surface area contributed by atoms with Crippen molar-refractivity contribution in [3.8, 4) is 5.75 Å². The Kier molecular flexibility index (Phi) is 5.94. The van der Waals surface area contributed by atoms with Gasteiger partial charge in [0, 0.05) is 13.2 Å². The molecule has 4 heteroatoms. The molecule has 0 saturated heterocycles. The van der Waals surface area contributed by atoms with E-state index in [1.807, 2.05) is 6.92 Å². The predicted molar refractivity (Wildman–Crippen MR) is 65.7 cm³/mol. The lowest BCUT2D eigenvalue weighted by atomic mass is 10.0. The van der Waals surface area contributed by atoms with Crippen molar-refractivity contribution in [2.75, 3.05) is 20.3 Å². The Labute approximate surface area is 102 Å². The van der Waals surface area contributed by atoms with Crippen LogP contribution in [-0.2, 0) is 11.2 Å². The lowest BCUT2D eigenvalue weighted by Crippen LogP contribution is -2.22. The second-order valence-corrected chi connectivity index (χ2v) is 3.97. The van der Waals surface area contributed by atoms with Gasteiger partial charge in [0.15, 0.2) is 0 Å². The van der Waals surface area contributed by atoms with Gasteiger partial charge >= 0.3 is 0 Å². The van der Waals surface area contributed by atoms with Crippen molar-refractivity contribution in [1.82, 2.24) is 0 Å². The van der Waals surface area contributed by atoms with Crippen LogP contribution in [0.25, 0.3) is 0 Å². The smallest absolute Gasteiger partial charge is 0.123 e. The summed E-state index contributed by atoms with van der Waals surface area (Å²) in [6, 6.07) is 4.55. The van der Waals surface area contributed by atoms with Crippen LogP contribution in [0, 0.1) is 5.82 Å². The minimum atomic E-state index is -0.262. The van der Waals surface area contributed by atoms with Gasteiger partial charge in [0.2, 0.25) is 0 Å². The standard InChI is InChI=1S/C13H20FNO2/c1-3-12(15)9-10-8-11(14)4-5-13(10)17-7-6-16-2/h4-5,8,12H,3,6-7,9,15H2,1-2H3. The zero-order valence-corrected chi connectivity index (χ0v) is 10.4. The van der Waals surface area contributed by atoms with Gasteiger partial charge in [-0.1, -0.05) is 6.92 Å². The Balaban J connectivity index is 2.72.